The van der Waals surface area contributed by atoms with Gasteiger partial charge in [-0.3, -0.25) is 0 Å². The van der Waals surface area contributed by atoms with E-state index in [0.717, 1.165) is 50.4 Å². The van der Waals surface area contributed by atoms with Gasteiger partial charge in [-0.25, -0.2) is 0 Å². The highest BCUT2D eigenvalue weighted by Gasteiger charge is 2.25. The molecule has 0 amide bonds. The number of benzene rings is 16. The van der Waals surface area contributed by atoms with E-state index < -0.39 is 0 Å². The summed E-state index contributed by atoms with van der Waals surface area (Å²) < 4.78 is 152. The van der Waals surface area contributed by atoms with Crippen LogP contribution in [0.4, 0.5) is 0 Å². The Labute approximate surface area is 607 Å². The van der Waals surface area contributed by atoms with Gasteiger partial charge in [-0.05, 0) is 179 Å². The maximum Gasteiger partial charge on any atom is 0.0645 e. The van der Waals surface area contributed by atoms with Crippen molar-refractivity contribution in [3.8, 4) is 67.5 Å². The van der Waals surface area contributed by atoms with Crippen molar-refractivity contribution in [3.05, 3.63) is 364 Å². The van der Waals surface area contributed by atoms with E-state index in [9.17, 15) is 12.3 Å². The van der Waals surface area contributed by atoms with Crippen molar-refractivity contribution >= 4 is 131 Å². The Balaban J connectivity index is 0.738. The Morgan fingerprint density at radius 1 is 0.167 bits per heavy atom. The lowest BCUT2D eigenvalue weighted by Crippen LogP contribution is -1.96. The van der Waals surface area contributed by atoms with Crippen molar-refractivity contribution in [1.82, 2.24) is 27.4 Å². The normalized spacial score (nSPS) is 14.2. The van der Waals surface area contributed by atoms with E-state index in [1.807, 2.05) is 191 Å². The minimum Gasteiger partial charge on any atom is -0.309 e. The molecule has 0 unspecified atom stereocenters. The van der Waals surface area contributed by atoms with Crippen LogP contribution in [-0.4, -0.2) is 27.4 Å². The molecule has 0 aliphatic carbocycles. The molecule has 22 rings (SSSR count). The topological polar surface area (TPSA) is 29.6 Å². The molecule has 0 saturated carbocycles. The third-order valence-corrected chi connectivity index (χ3v) is 20.6. The molecule has 6 aromatic heterocycles. The molecule has 0 spiro atoms. The van der Waals surface area contributed by atoms with Gasteiger partial charge in [-0.2, -0.15) is 0 Å². The molecule has 22 aromatic rings. The fourth-order valence-corrected chi connectivity index (χ4v) is 16.3. The van der Waals surface area contributed by atoms with Gasteiger partial charge < -0.3 is 27.4 Å². The highest BCUT2D eigenvalue weighted by molar-refractivity contribution is 6.29. The largest absolute Gasteiger partial charge is 0.309 e. The predicted molar refractivity (Wildman–Crippen MR) is 429 cm³/mol. The lowest BCUT2D eigenvalue weighted by Gasteiger charge is -2.15. The van der Waals surface area contributed by atoms with Gasteiger partial charge in [-0.1, -0.05) is 218 Å². The maximum atomic E-state index is 9.97. The van der Waals surface area contributed by atoms with Crippen molar-refractivity contribution in [2.45, 2.75) is 0 Å². The average Bonchev–Trinajstić information content (AvgIpc) is 1.54. The second-order valence-corrected chi connectivity index (χ2v) is 26.0. The second kappa shape index (κ2) is 21.9. The molecule has 16 aromatic carbocycles. The minimum atomic E-state index is 0.0885. The van der Waals surface area contributed by atoms with Gasteiger partial charge in [0.15, 0.2) is 0 Å². The summed E-state index contributed by atoms with van der Waals surface area (Å²) in [5, 5.41) is 7.60. The summed E-state index contributed by atoms with van der Waals surface area (Å²) in [4.78, 5) is 0. The maximum absolute atomic E-state index is 9.97. The van der Waals surface area contributed by atoms with Crippen LogP contribution < -0.4 is 0 Å². The number of rotatable bonds is 9. The first-order valence-electron chi connectivity index (χ1n) is 41.4. The van der Waals surface area contributed by atoms with Crippen LogP contribution in [0.1, 0.15) is 20.6 Å². The smallest absolute Gasteiger partial charge is 0.0645 e. The van der Waals surface area contributed by atoms with Gasteiger partial charge in [0.25, 0.3) is 0 Å². The zero-order valence-corrected chi connectivity index (χ0v) is 54.2. The zero-order valence-electron chi connectivity index (χ0n) is 69.2. The van der Waals surface area contributed by atoms with E-state index in [0.29, 0.717) is 148 Å². The molecule has 0 N–H and O–H groups in total. The molecule has 0 saturated heterocycles. The first-order chi connectivity index (χ1) is 56.7. The molecule has 0 bridgehead atoms. The number of hydrogen-bond donors (Lipinski definition) is 0. The number of fused-ring (bicyclic) bond motifs is 21. The van der Waals surface area contributed by atoms with Crippen LogP contribution in [0, 0.1) is 0 Å². The standard InChI is InChI=1S/C96H60N6/c1-4-22-67(23-5-1)100-82-34-16-10-28-73(82)76-52-55-88-91(94(76)100)79-31-13-19-37-85(79)97(88)70-46-40-61(41-47-70)64-58-65(62-42-48-71(49-43-62)98-86-38-20-14-32-80(86)92-89(98)56-53-77-74-29-11-17-35-83(74)101(95(77)92)68-24-6-2-7-25-68)60-66(59-64)63-44-50-72(51-45-63)99-87-39-21-15-33-81(87)93-90(99)57-54-78-75-30-12-18-36-84(75)102(96(78)93)69-26-8-3-9-27-69/h1-60H/i10D,11D,12D,13D,14D,15D,34D,35D,36D,37D,38D,39D,55D,56D,57D. The zero-order chi connectivity index (χ0) is 79.7. The van der Waals surface area contributed by atoms with Gasteiger partial charge >= 0.3 is 0 Å². The Kier molecular flexibility index (Phi) is 9.36. The lowest BCUT2D eigenvalue weighted by atomic mass is 9.93. The summed E-state index contributed by atoms with van der Waals surface area (Å²) in [5.74, 6) is 0. The van der Waals surface area contributed by atoms with E-state index in [1.165, 1.54) is 36.4 Å². The second-order valence-electron chi connectivity index (χ2n) is 26.0. The quantitative estimate of drug-likeness (QED) is 0.138. The van der Waals surface area contributed by atoms with Crippen LogP contribution in [-0.2, 0) is 0 Å². The average molecular weight is 1310 g/mol. The number of para-hydroxylation sites is 9. The van der Waals surface area contributed by atoms with Gasteiger partial charge in [0.05, 0.1) is 86.8 Å². The number of aromatic nitrogens is 6. The molecule has 0 radical (unpaired) electrons. The fraction of sp³-hybridized carbons (Fsp3) is 0. The molecule has 0 atom stereocenters. The van der Waals surface area contributed by atoms with Crippen molar-refractivity contribution in [2.75, 3.05) is 0 Å². The summed E-state index contributed by atoms with van der Waals surface area (Å²) in [6.45, 7) is 0. The summed E-state index contributed by atoms with van der Waals surface area (Å²) in [7, 11) is 0. The SMILES string of the molecule is [2H]c1cc([2H])c2c(c1)c1c(c([2H])cc3c4cc([2H])cc([2H])c4n(-c4ccccc4)c31)n2-c1ccc(-c2cc(-c3ccc(-n4c5c([2H])cc([2H])cc5c5c4c([2H])cc4c6cc([2H])cc([2H])c6n(-c6ccccc6)c45)cc3)cc(-c3ccc(-n4c5c([2H])cc([2H])cc5c5c4c([2H])cc4c6cc([2H])cc([2H])c6n(-c6ccccc6)c45)cc3)c2)cc1. The van der Waals surface area contributed by atoms with Gasteiger partial charge in [-0.15, -0.1) is 0 Å². The molecular formula is C96H60N6. The van der Waals surface area contributed by atoms with E-state index in [1.54, 1.807) is 54.6 Å². The first kappa shape index (κ1) is 43.6. The highest BCUT2D eigenvalue weighted by Crippen LogP contribution is 2.47. The summed E-state index contributed by atoms with van der Waals surface area (Å²) in [6.07, 6.45) is 0. The van der Waals surface area contributed by atoms with Crippen LogP contribution in [0.15, 0.2) is 364 Å². The molecule has 102 heavy (non-hydrogen) atoms. The molecule has 0 aliphatic heterocycles. The van der Waals surface area contributed by atoms with Crippen LogP contribution in [0.2, 0.25) is 0 Å². The molecule has 6 heterocycles. The van der Waals surface area contributed by atoms with Crippen molar-refractivity contribution in [3.63, 3.8) is 0 Å². The third-order valence-electron chi connectivity index (χ3n) is 20.6. The number of nitrogens with zero attached hydrogens (tertiary/aromatic N) is 6. The van der Waals surface area contributed by atoms with E-state index in [2.05, 4.69) is 18.2 Å². The lowest BCUT2D eigenvalue weighted by molar-refractivity contribution is 1.17. The summed E-state index contributed by atoms with van der Waals surface area (Å²) in [6, 6.07) is 86.4. The van der Waals surface area contributed by atoms with Crippen LogP contribution in [0.3, 0.4) is 0 Å². The number of hydrogen-bond acceptors (Lipinski definition) is 0. The summed E-state index contributed by atoms with van der Waals surface area (Å²) in [5.41, 5.74) is 16.0. The Morgan fingerprint density at radius 2 is 0.402 bits per heavy atom. The van der Waals surface area contributed by atoms with E-state index in [-0.39, 0.29) is 90.6 Å². The van der Waals surface area contributed by atoms with Crippen LogP contribution >= 0.6 is 0 Å². The summed E-state index contributed by atoms with van der Waals surface area (Å²) >= 11 is 0. The Morgan fingerprint density at radius 3 is 0.667 bits per heavy atom. The monoisotopic (exact) mass is 1310 g/mol. The molecule has 474 valence electrons. The Bertz CT molecular complexity index is 7380. The highest BCUT2D eigenvalue weighted by atomic mass is 15.0. The van der Waals surface area contributed by atoms with Crippen molar-refractivity contribution < 1.29 is 20.6 Å². The van der Waals surface area contributed by atoms with Gasteiger partial charge in [0.2, 0.25) is 0 Å². The molecule has 0 fully saturated rings. The fourth-order valence-electron chi connectivity index (χ4n) is 16.3. The van der Waals surface area contributed by atoms with Crippen LogP contribution in [0.5, 0.6) is 0 Å². The van der Waals surface area contributed by atoms with Gasteiger partial charge in [0.1, 0.15) is 0 Å². The molecule has 6 heteroatoms. The molecular weight excluding hydrogens is 1240 g/mol. The molecule has 6 nitrogen and oxygen atoms in total. The Hall–Kier alpha value is -13.7. The third kappa shape index (κ3) is 8.17. The first-order valence-corrected chi connectivity index (χ1v) is 33.9. The molecule has 0 aliphatic rings. The van der Waals surface area contributed by atoms with Gasteiger partial charge in [0, 0.05) is 98.8 Å². The minimum absolute atomic E-state index is 0.0885. The predicted octanol–water partition coefficient (Wildman–Crippen LogP) is 25.3. The van der Waals surface area contributed by atoms with E-state index >= 15 is 0 Å². The van der Waals surface area contributed by atoms with Crippen molar-refractivity contribution in [1.29, 1.82) is 0 Å². The van der Waals surface area contributed by atoms with E-state index in [4.69, 9.17) is 8.22 Å². The van der Waals surface area contributed by atoms with Crippen molar-refractivity contribution in [2.24, 2.45) is 0 Å². The van der Waals surface area contributed by atoms with Crippen LogP contribution in [0.25, 0.3) is 198 Å².